The highest BCUT2D eigenvalue weighted by Gasteiger charge is 2.18. The van der Waals surface area contributed by atoms with E-state index in [4.69, 9.17) is 16.9 Å². The predicted molar refractivity (Wildman–Crippen MR) is 60.1 cm³/mol. The third kappa shape index (κ3) is 2.13. The van der Waals surface area contributed by atoms with Gasteiger partial charge in [-0.05, 0) is 28.7 Å². The molecule has 1 aromatic rings. The molecule has 0 heterocycles. The standard InChI is InChI=1S/C8H4ClIN2O2/c9-8-5(3-4-11)7(12(13)14)2-1-6(8)10/h1-2H,3H2. The Morgan fingerprint density at radius 1 is 1.64 bits per heavy atom. The van der Waals surface area contributed by atoms with Gasteiger partial charge in [-0.15, -0.1) is 0 Å². The first-order valence-corrected chi connectivity index (χ1v) is 5.01. The summed E-state index contributed by atoms with van der Waals surface area (Å²) in [5, 5.41) is 19.4. The van der Waals surface area contributed by atoms with Gasteiger partial charge in [-0.25, -0.2) is 0 Å². The molecule has 0 aliphatic rings. The van der Waals surface area contributed by atoms with Gasteiger partial charge in [0.1, 0.15) is 0 Å². The van der Waals surface area contributed by atoms with Crippen molar-refractivity contribution < 1.29 is 4.92 Å². The molecule has 1 aromatic carbocycles. The smallest absolute Gasteiger partial charge is 0.258 e. The molecule has 0 fully saturated rings. The van der Waals surface area contributed by atoms with Crippen LogP contribution in [0.25, 0.3) is 0 Å². The van der Waals surface area contributed by atoms with Gasteiger partial charge in [-0.1, -0.05) is 11.6 Å². The third-order valence-electron chi connectivity index (χ3n) is 1.62. The van der Waals surface area contributed by atoms with Crippen LogP contribution in [0, 0.1) is 25.0 Å². The van der Waals surface area contributed by atoms with E-state index in [2.05, 4.69) is 0 Å². The summed E-state index contributed by atoms with van der Waals surface area (Å²) in [5.74, 6) is 0. The molecule has 0 saturated heterocycles. The van der Waals surface area contributed by atoms with Crippen LogP contribution in [-0.4, -0.2) is 4.92 Å². The van der Waals surface area contributed by atoms with E-state index in [1.54, 1.807) is 6.07 Å². The molecular weight excluding hydrogens is 318 g/mol. The van der Waals surface area contributed by atoms with Crippen LogP contribution >= 0.6 is 34.2 Å². The highest BCUT2D eigenvalue weighted by atomic mass is 127. The van der Waals surface area contributed by atoms with Crippen LogP contribution in [0.1, 0.15) is 5.56 Å². The number of nitro groups is 1. The molecule has 0 saturated carbocycles. The summed E-state index contributed by atoms with van der Waals surface area (Å²) >= 11 is 7.82. The molecule has 0 amide bonds. The fourth-order valence-electron chi connectivity index (χ4n) is 1.00. The number of nitriles is 1. The second-order valence-corrected chi connectivity index (χ2v) is 3.99. The minimum Gasteiger partial charge on any atom is -0.258 e. The van der Waals surface area contributed by atoms with Gasteiger partial charge >= 0.3 is 0 Å². The zero-order valence-electron chi connectivity index (χ0n) is 6.83. The molecule has 0 bridgehead atoms. The van der Waals surface area contributed by atoms with Gasteiger partial charge in [0, 0.05) is 9.64 Å². The molecule has 4 nitrogen and oxygen atoms in total. The first-order valence-electron chi connectivity index (χ1n) is 3.56. The largest absolute Gasteiger partial charge is 0.275 e. The van der Waals surface area contributed by atoms with E-state index in [9.17, 15) is 10.1 Å². The molecule has 0 aliphatic heterocycles. The van der Waals surface area contributed by atoms with Crippen molar-refractivity contribution in [2.75, 3.05) is 0 Å². The van der Waals surface area contributed by atoms with Gasteiger partial charge in [-0.3, -0.25) is 10.1 Å². The van der Waals surface area contributed by atoms with E-state index >= 15 is 0 Å². The van der Waals surface area contributed by atoms with Gasteiger partial charge in [0.05, 0.1) is 28.0 Å². The number of hydrogen-bond donors (Lipinski definition) is 0. The molecule has 0 atom stereocenters. The van der Waals surface area contributed by atoms with Crippen LogP contribution < -0.4 is 0 Å². The average Bonchev–Trinajstić information content (AvgIpc) is 2.13. The summed E-state index contributed by atoms with van der Waals surface area (Å²) < 4.78 is 0.708. The second kappa shape index (κ2) is 4.57. The number of benzene rings is 1. The Labute approximate surface area is 98.8 Å². The molecule has 0 aliphatic carbocycles. The van der Waals surface area contributed by atoms with E-state index in [-0.39, 0.29) is 17.7 Å². The SMILES string of the molecule is N#CCc1c([N+](=O)[O-])ccc(I)c1Cl. The first kappa shape index (κ1) is 11.2. The Hall–Kier alpha value is -0.870. The fourth-order valence-corrected chi connectivity index (χ4v) is 1.73. The monoisotopic (exact) mass is 322 g/mol. The molecule has 6 heteroatoms. The normalized spacial score (nSPS) is 9.50. The lowest BCUT2D eigenvalue weighted by Crippen LogP contribution is -1.96. The topological polar surface area (TPSA) is 66.9 Å². The molecule has 0 radical (unpaired) electrons. The minimum atomic E-state index is -0.533. The number of halogens is 2. The Morgan fingerprint density at radius 2 is 2.29 bits per heavy atom. The summed E-state index contributed by atoms with van der Waals surface area (Å²) in [6, 6.07) is 4.77. The molecule has 0 aromatic heterocycles. The highest BCUT2D eigenvalue weighted by Crippen LogP contribution is 2.30. The van der Waals surface area contributed by atoms with E-state index in [1.165, 1.54) is 6.07 Å². The molecule has 1 rings (SSSR count). The summed E-state index contributed by atoms with van der Waals surface area (Å²) in [4.78, 5) is 10.1. The maximum absolute atomic E-state index is 10.6. The van der Waals surface area contributed by atoms with Crippen LogP contribution in [0.4, 0.5) is 5.69 Å². The van der Waals surface area contributed by atoms with Crippen molar-refractivity contribution in [3.8, 4) is 6.07 Å². The summed E-state index contributed by atoms with van der Waals surface area (Å²) in [6.07, 6.45) is -0.0496. The van der Waals surface area contributed by atoms with E-state index in [0.717, 1.165) is 0 Å². The summed E-state index contributed by atoms with van der Waals surface area (Å²) in [7, 11) is 0. The summed E-state index contributed by atoms with van der Waals surface area (Å²) in [5.41, 5.74) is 0.183. The Kier molecular flexibility index (Phi) is 3.66. The number of nitrogens with zero attached hydrogens (tertiary/aromatic N) is 2. The van der Waals surface area contributed by atoms with E-state index in [0.29, 0.717) is 8.59 Å². The maximum atomic E-state index is 10.6. The van der Waals surface area contributed by atoms with Crippen molar-refractivity contribution in [3.05, 3.63) is 36.4 Å². The average molecular weight is 322 g/mol. The minimum absolute atomic E-state index is 0.0496. The zero-order valence-corrected chi connectivity index (χ0v) is 9.74. The van der Waals surface area contributed by atoms with E-state index in [1.807, 2.05) is 28.7 Å². The van der Waals surface area contributed by atoms with Crippen LogP contribution in [0.15, 0.2) is 12.1 Å². The first-order chi connectivity index (χ1) is 6.57. The molecule has 72 valence electrons. The number of hydrogen-bond acceptors (Lipinski definition) is 3. The van der Waals surface area contributed by atoms with Gasteiger partial charge in [0.2, 0.25) is 0 Å². The lowest BCUT2D eigenvalue weighted by atomic mass is 10.1. The number of rotatable bonds is 2. The van der Waals surface area contributed by atoms with Crippen LogP contribution in [-0.2, 0) is 6.42 Å². The van der Waals surface area contributed by atoms with Crippen LogP contribution in [0.5, 0.6) is 0 Å². The number of nitro benzene ring substituents is 1. The Morgan fingerprint density at radius 3 is 2.79 bits per heavy atom. The van der Waals surface area contributed by atoms with Crippen molar-refractivity contribution in [3.63, 3.8) is 0 Å². The Balaban J connectivity index is 3.39. The van der Waals surface area contributed by atoms with Gasteiger partial charge in [0.25, 0.3) is 5.69 Å². The highest BCUT2D eigenvalue weighted by molar-refractivity contribution is 14.1. The van der Waals surface area contributed by atoms with Crippen molar-refractivity contribution >= 4 is 39.9 Å². The quantitative estimate of drug-likeness (QED) is 0.477. The Bertz CT molecular complexity index is 428. The lowest BCUT2D eigenvalue weighted by Gasteiger charge is -2.02. The van der Waals surface area contributed by atoms with E-state index < -0.39 is 4.92 Å². The summed E-state index contributed by atoms with van der Waals surface area (Å²) in [6.45, 7) is 0. The van der Waals surface area contributed by atoms with Crippen molar-refractivity contribution in [1.29, 1.82) is 5.26 Å². The fraction of sp³-hybridized carbons (Fsp3) is 0.125. The predicted octanol–water partition coefficient (Wildman–Crippen LogP) is 2.92. The zero-order chi connectivity index (χ0) is 10.7. The van der Waals surface area contributed by atoms with Crippen molar-refractivity contribution in [2.45, 2.75) is 6.42 Å². The van der Waals surface area contributed by atoms with Crippen molar-refractivity contribution in [1.82, 2.24) is 0 Å². The van der Waals surface area contributed by atoms with Gasteiger partial charge < -0.3 is 0 Å². The van der Waals surface area contributed by atoms with Crippen LogP contribution in [0.3, 0.4) is 0 Å². The van der Waals surface area contributed by atoms with Gasteiger partial charge in [0.15, 0.2) is 0 Å². The molecule has 0 N–H and O–H groups in total. The third-order valence-corrected chi connectivity index (χ3v) is 3.27. The van der Waals surface area contributed by atoms with Crippen LogP contribution in [0.2, 0.25) is 5.02 Å². The molecular formula is C8H4ClIN2O2. The van der Waals surface area contributed by atoms with Gasteiger partial charge in [-0.2, -0.15) is 5.26 Å². The van der Waals surface area contributed by atoms with Crippen molar-refractivity contribution in [2.24, 2.45) is 0 Å². The molecule has 0 spiro atoms. The molecule has 14 heavy (non-hydrogen) atoms. The molecule has 0 unspecified atom stereocenters. The second-order valence-electron chi connectivity index (χ2n) is 2.45. The lowest BCUT2D eigenvalue weighted by molar-refractivity contribution is -0.385. The maximum Gasteiger partial charge on any atom is 0.275 e.